The Bertz CT molecular complexity index is 201. The highest BCUT2D eigenvalue weighted by molar-refractivity contribution is 6.37. The van der Waals surface area contributed by atoms with Crippen LogP contribution in [0.25, 0.3) is 0 Å². The Morgan fingerprint density at radius 3 is 3.08 bits per heavy atom. The van der Waals surface area contributed by atoms with Crippen molar-refractivity contribution in [2.75, 3.05) is 19.8 Å². The smallest absolute Gasteiger partial charge is 0.275 e. The van der Waals surface area contributed by atoms with Gasteiger partial charge in [-0.3, -0.25) is 0 Å². The van der Waals surface area contributed by atoms with E-state index in [9.17, 15) is 0 Å². The molecule has 0 atom stereocenters. The van der Waals surface area contributed by atoms with Gasteiger partial charge in [-0.05, 0) is 19.0 Å². The average Bonchev–Trinajstić information content (AvgIpc) is 2.15. The Hall–Kier alpha value is -1.26. The van der Waals surface area contributed by atoms with E-state index in [2.05, 4.69) is 10.3 Å². The lowest BCUT2D eigenvalue weighted by Crippen LogP contribution is -2.22. The lowest BCUT2D eigenvalue weighted by atomic mass is 10.4. The van der Waals surface area contributed by atoms with Crippen LogP contribution >= 0.6 is 0 Å². The second kappa shape index (κ2) is 4.58. The molecular formula is C7H12N2O3. The summed E-state index contributed by atoms with van der Waals surface area (Å²) in [5.74, 6) is 0.398. The molecule has 0 aliphatic carbocycles. The molecule has 68 valence electrons. The van der Waals surface area contributed by atoms with E-state index in [-0.39, 0.29) is 0 Å². The molecule has 12 heavy (non-hydrogen) atoms. The summed E-state index contributed by atoms with van der Waals surface area (Å²) in [6, 6.07) is 0. The molecule has 0 radical (unpaired) electrons. The van der Waals surface area contributed by atoms with Gasteiger partial charge in [0.05, 0.1) is 0 Å². The van der Waals surface area contributed by atoms with E-state index < -0.39 is 0 Å². The summed E-state index contributed by atoms with van der Waals surface area (Å²) >= 11 is 0. The molecule has 0 unspecified atom stereocenters. The van der Waals surface area contributed by atoms with Gasteiger partial charge >= 0.3 is 0 Å². The molecule has 5 nitrogen and oxygen atoms in total. The molecule has 0 bridgehead atoms. The molecule has 0 spiro atoms. The first-order valence-electron chi connectivity index (χ1n) is 3.84. The minimum Gasteiger partial charge on any atom is -0.470 e. The second-order valence-corrected chi connectivity index (χ2v) is 2.17. The molecule has 0 fully saturated rings. The van der Waals surface area contributed by atoms with E-state index in [1.54, 1.807) is 6.92 Å². The Morgan fingerprint density at radius 1 is 1.67 bits per heavy atom. The Kier molecular flexibility index (Phi) is 3.37. The first-order valence-corrected chi connectivity index (χ1v) is 3.84. The predicted molar refractivity (Wildman–Crippen MR) is 44.1 cm³/mol. The van der Waals surface area contributed by atoms with Crippen molar-refractivity contribution < 1.29 is 14.4 Å². The zero-order valence-electron chi connectivity index (χ0n) is 7.24. The van der Waals surface area contributed by atoms with Crippen molar-refractivity contribution in [3.63, 3.8) is 0 Å². The van der Waals surface area contributed by atoms with E-state index in [1.807, 2.05) is 6.92 Å². The van der Waals surface area contributed by atoms with Gasteiger partial charge < -0.3 is 14.4 Å². The predicted octanol–water partition coefficient (Wildman–Crippen LogP) is 0.759. The number of oxime groups is 2. The quantitative estimate of drug-likeness (QED) is 0.466. The summed E-state index contributed by atoms with van der Waals surface area (Å²) in [5.41, 5.74) is 0.594. The largest absolute Gasteiger partial charge is 0.470 e. The molecule has 1 heterocycles. The molecule has 1 aliphatic heterocycles. The first-order chi connectivity index (χ1) is 5.84. The van der Waals surface area contributed by atoms with Crippen LogP contribution in [0.1, 0.15) is 13.8 Å². The van der Waals surface area contributed by atoms with Crippen molar-refractivity contribution in [3.05, 3.63) is 0 Å². The third-order valence-corrected chi connectivity index (χ3v) is 1.20. The van der Waals surface area contributed by atoms with Crippen LogP contribution in [0.2, 0.25) is 0 Å². The lowest BCUT2D eigenvalue weighted by Gasteiger charge is -2.12. The molecule has 1 aliphatic rings. The van der Waals surface area contributed by atoms with Crippen LogP contribution in [0.15, 0.2) is 10.3 Å². The number of hydrogen-bond donors (Lipinski definition) is 0. The molecule has 0 N–H and O–H groups in total. The maximum absolute atomic E-state index is 5.15. The van der Waals surface area contributed by atoms with Gasteiger partial charge in [-0.15, -0.1) is 0 Å². The highest BCUT2D eigenvalue weighted by Gasteiger charge is 2.10. The fraction of sp³-hybridized carbons (Fsp3) is 0.714. The molecule has 0 aromatic carbocycles. The Balaban J connectivity index is 2.49. The van der Waals surface area contributed by atoms with Gasteiger partial charge in [0.1, 0.15) is 18.9 Å². The van der Waals surface area contributed by atoms with Crippen LogP contribution in [0, 0.1) is 0 Å². The summed E-state index contributed by atoms with van der Waals surface area (Å²) in [6.45, 7) is 5.15. The molecule has 1 rings (SSSR count). The maximum atomic E-state index is 5.15. The number of nitrogens with zero attached hydrogens (tertiary/aromatic N) is 2. The third-order valence-electron chi connectivity index (χ3n) is 1.20. The van der Waals surface area contributed by atoms with Gasteiger partial charge in [-0.1, -0.05) is 5.16 Å². The summed E-state index contributed by atoms with van der Waals surface area (Å²) in [5, 5.41) is 7.41. The fourth-order valence-electron chi connectivity index (χ4n) is 0.677. The lowest BCUT2D eigenvalue weighted by molar-refractivity contribution is 0.0669. The van der Waals surface area contributed by atoms with Gasteiger partial charge in [-0.2, -0.15) is 0 Å². The molecule has 0 amide bonds. The topological polar surface area (TPSA) is 52.4 Å². The van der Waals surface area contributed by atoms with Gasteiger partial charge in [0.15, 0.2) is 6.61 Å². The summed E-state index contributed by atoms with van der Waals surface area (Å²) < 4.78 is 5.15. The van der Waals surface area contributed by atoms with Crippen LogP contribution < -0.4 is 0 Å². The third kappa shape index (κ3) is 2.41. The summed E-state index contributed by atoms with van der Waals surface area (Å²) in [6.07, 6.45) is 0. The van der Waals surface area contributed by atoms with Crippen molar-refractivity contribution in [2.24, 2.45) is 10.3 Å². The minimum absolute atomic E-state index is 0.398. The number of hydrogen-bond acceptors (Lipinski definition) is 5. The van der Waals surface area contributed by atoms with Crippen molar-refractivity contribution >= 4 is 11.6 Å². The van der Waals surface area contributed by atoms with Gasteiger partial charge in [-0.25, -0.2) is 0 Å². The van der Waals surface area contributed by atoms with Crippen molar-refractivity contribution in [1.29, 1.82) is 0 Å². The van der Waals surface area contributed by atoms with Crippen LogP contribution in [0.4, 0.5) is 0 Å². The second-order valence-electron chi connectivity index (χ2n) is 2.17. The average molecular weight is 172 g/mol. The monoisotopic (exact) mass is 172 g/mol. The van der Waals surface area contributed by atoms with E-state index >= 15 is 0 Å². The van der Waals surface area contributed by atoms with Crippen molar-refractivity contribution in [1.82, 2.24) is 0 Å². The number of ether oxygens (including phenoxy) is 1. The van der Waals surface area contributed by atoms with Crippen LogP contribution in [0.5, 0.6) is 0 Å². The normalized spacial score (nSPS) is 17.5. The Morgan fingerprint density at radius 2 is 2.50 bits per heavy atom. The minimum atomic E-state index is 0.398. The molecule has 0 aromatic rings. The molecule has 0 aromatic heterocycles. The van der Waals surface area contributed by atoms with Gasteiger partial charge in [0, 0.05) is 0 Å². The van der Waals surface area contributed by atoms with Gasteiger partial charge in [0.2, 0.25) is 0 Å². The van der Waals surface area contributed by atoms with E-state index in [0.29, 0.717) is 31.4 Å². The standard InChI is InChI=1S/C7H12N2O3/c1-3-11-8-6(2)7-9-12-5-4-10-7/h3-5H2,1-2H3/b8-6+. The van der Waals surface area contributed by atoms with Crippen LogP contribution in [-0.2, 0) is 14.4 Å². The van der Waals surface area contributed by atoms with Gasteiger partial charge in [0.25, 0.3) is 5.90 Å². The highest BCUT2D eigenvalue weighted by atomic mass is 16.7. The zero-order valence-corrected chi connectivity index (χ0v) is 7.24. The summed E-state index contributed by atoms with van der Waals surface area (Å²) in [4.78, 5) is 9.63. The van der Waals surface area contributed by atoms with Crippen LogP contribution in [0.3, 0.4) is 0 Å². The van der Waals surface area contributed by atoms with E-state index in [1.165, 1.54) is 0 Å². The molecular weight excluding hydrogens is 160 g/mol. The maximum Gasteiger partial charge on any atom is 0.275 e. The Labute approximate surface area is 71.0 Å². The SMILES string of the molecule is CCO/N=C(\C)C1=NOCCO1. The molecule has 0 saturated heterocycles. The summed E-state index contributed by atoms with van der Waals surface area (Å²) in [7, 11) is 0. The fourth-order valence-corrected chi connectivity index (χ4v) is 0.677. The molecule has 0 saturated carbocycles. The van der Waals surface area contributed by atoms with E-state index in [0.717, 1.165) is 0 Å². The van der Waals surface area contributed by atoms with E-state index in [4.69, 9.17) is 14.4 Å². The molecule has 5 heteroatoms. The zero-order chi connectivity index (χ0) is 8.81. The highest BCUT2D eigenvalue weighted by Crippen LogP contribution is 1.96. The van der Waals surface area contributed by atoms with Crippen molar-refractivity contribution in [3.8, 4) is 0 Å². The first kappa shape index (κ1) is 8.83. The van der Waals surface area contributed by atoms with Crippen LogP contribution in [-0.4, -0.2) is 31.4 Å². The van der Waals surface area contributed by atoms with Crippen molar-refractivity contribution in [2.45, 2.75) is 13.8 Å². The number of rotatable bonds is 3.